The molecule has 28 heavy (non-hydrogen) atoms. The number of ketones is 1. The van der Waals surface area contributed by atoms with E-state index >= 15 is 0 Å². The maximum atomic E-state index is 13.1. The van der Waals surface area contributed by atoms with Gasteiger partial charge < -0.3 is 14.2 Å². The first-order chi connectivity index (χ1) is 13.6. The fourth-order valence-electron chi connectivity index (χ4n) is 4.68. The van der Waals surface area contributed by atoms with Gasteiger partial charge in [-0.15, -0.1) is 0 Å². The summed E-state index contributed by atoms with van der Waals surface area (Å²) in [7, 11) is 0. The van der Waals surface area contributed by atoms with Gasteiger partial charge in [0.1, 0.15) is 6.54 Å². The molecule has 3 heterocycles. The number of carbonyl (C=O) groups is 2. The number of aromatic nitrogens is 1. The highest BCUT2D eigenvalue weighted by Gasteiger charge is 2.35. The molecule has 1 amide bonds. The van der Waals surface area contributed by atoms with Crippen molar-refractivity contribution >= 4 is 22.6 Å². The summed E-state index contributed by atoms with van der Waals surface area (Å²) in [4.78, 5) is 30.2. The number of fused-ring (bicyclic) bond motifs is 2. The molecule has 3 fully saturated rings. The van der Waals surface area contributed by atoms with Crippen LogP contribution in [0.1, 0.15) is 30.1 Å². The number of ether oxygens (including phenoxy) is 1. The van der Waals surface area contributed by atoms with Crippen LogP contribution in [0.25, 0.3) is 10.9 Å². The zero-order valence-electron chi connectivity index (χ0n) is 16.3. The van der Waals surface area contributed by atoms with Crippen molar-refractivity contribution in [3.05, 3.63) is 36.0 Å². The molecule has 3 aliphatic rings. The molecule has 2 aromatic rings. The monoisotopic (exact) mass is 381 g/mol. The largest absolute Gasteiger partial charge is 0.378 e. The number of carbonyl (C=O) groups excluding carboxylic acids is 2. The zero-order valence-corrected chi connectivity index (χ0v) is 16.3. The van der Waals surface area contributed by atoms with Gasteiger partial charge in [0.15, 0.2) is 5.78 Å². The van der Waals surface area contributed by atoms with Crippen LogP contribution in [-0.2, 0) is 16.1 Å². The number of hydrogen-bond donors (Lipinski definition) is 0. The molecular formula is C22H27N3O3. The Balaban J connectivity index is 1.35. The number of amides is 1. The third-order valence-electron chi connectivity index (χ3n) is 6.42. The number of benzene rings is 1. The minimum Gasteiger partial charge on any atom is -0.378 e. The van der Waals surface area contributed by atoms with Crippen LogP contribution >= 0.6 is 0 Å². The van der Waals surface area contributed by atoms with Gasteiger partial charge in [0, 0.05) is 54.3 Å². The van der Waals surface area contributed by atoms with Crippen molar-refractivity contribution in [2.24, 2.45) is 5.92 Å². The summed E-state index contributed by atoms with van der Waals surface area (Å²) in [6.07, 6.45) is 3.87. The molecule has 5 rings (SSSR count). The van der Waals surface area contributed by atoms with Gasteiger partial charge in [0.05, 0.1) is 19.3 Å². The van der Waals surface area contributed by atoms with E-state index in [2.05, 4.69) is 11.8 Å². The fraction of sp³-hybridized carbons (Fsp3) is 0.545. The van der Waals surface area contributed by atoms with Gasteiger partial charge in [-0.2, -0.15) is 0 Å². The Morgan fingerprint density at radius 2 is 1.96 bits per heavy atom. The lowest BCUT2D eigenvalue weighted by Gasteiger charge is -2.47. The molecule has 2 atom stereocenters. The Morgan fingerprint density at radius 3 is 2.79 bits per heavy atom. The van der Waals surface area contributed by atoms with Crippen LogP contribution in [0.5, 0.6) is 0 Å². The van der Waals surface area contributed by atoms with E-state index < -0.39 is 0 Å². The van der Waals surface area contributed by atoms with Gasteiger partial charge in [0.25, 0.3) is 0 Å². The molecule has 0 unspecified atom stereocenters. The Kier molecular flexibility index (Phi) is 4.48. The van der Waals surface area contributed by atoms with Crippen molar-refractivity contribution in [2.75, 3.05) is 32.8 Å². The molecule has 0 spiro atoms. The maximum Gasteiger partial charge on any atom is 0.242 e. The van der Waals surface area contributed by atoms with Crippen molar-refractivity contribution in [3.63, 3.8) is 0 Å². The van der Waals surface area contributed by atoms with E-state index in [-0.39, 0.29) is 30.2 Å². The molecule has 1 aromatic heterocycles. The fourth-order valence-corrected chi connectivity index (χ4v) is 4.68. The van der Waals surface area contributed by atoms with E-state index in [0.717, 1.165) is 55.5 Å². The van der Waals surface area contributed by atoms with Crippen LogP contribution in [-0.4, -0.2) is 71.0 Å². The molecule has 0 N–H and O–H groups in total. The van der Waals surface area contributed by atoms with Crippen LogP contribution in [0.15, 0.2) is 30.5 Å². The van der Waals surface area contributed by atoms with E-state index in [4.69, 9.17) is 4.74 Å². The van der Waals surface area contributed by atoms with E-state index in [1.807, 2.05) is 39.9 Å². The Labute approximate surface area is 165 Å². The summed E-state index contributed by atoms with van der Waals surface area (Å²) in [6, 6.07) is 8.62. The predicted octanol–water partition coefficient (Wildman–Crippen LogP) is 2.17. The topological polar surface area (TPSA) is 54.8 Å². The van der Waals surface area contributed by atoms with Crippen molar-refractivity contribution in [3.8, 4) is 0 Å². The zero-order chi connectivity index (χ0) is 19.3. The molecule has 6 nitrogen and oxygen atoms in total. The van der Waals surface area contributed by atoms with Crippen molar-refractivity contribution in [1.82, 2.24) is 14.4 Å². The molecule has 1 saturated carbocycles. The van der Waals surface area contributed by atoms with Crippen molar-refractivity contribution in [1.29, 1.82) is 0 Å². The molecule has 1 aliphatic carbocycles. The second-order valence-corrected chi connectivity index (χ2v) is 8.44. The highest BCUT2D eigenvalue weighted by molar-refractivity contribution is 6.10. The molecule has 0 bridgehead atoms. The summed E-state index contributed by atoms with van der Waals surface area (Å²) in [5, 5.41) is 0.964. The first kappa shape index (κ1) is 17.9. The lowest BCUT2D eigenvalue weighted by molar-refractivity contribution is -0.139. The number of hydrogen-bond acceptors (Lipinski definition) is 4. The average Bonchev–Trinajstić information content (AvgIpc) is 3.50. The molecule has 2 aliphatic heterocycles. The standard InChI is InChI=1S/C22H27N3O3/c1-15-13-28-14-17-10-23(8-9-25(15)17)21(26)12-24-11-19(22(27)16-6-7-16)18-4-2-3-5-20(18)24/h2-5,11,15-17H,6-10,12-14H2,1H3/t15-,17+/m0/s1. The van der Waals surface area contributed by atoms with Gasteiger partial charge >= 0.3 is 0 Å². The van der Waals surface area contributed by atoms with Gasteiger partial charge in [-0.1, -0.05) is 18.2 Å². The smallest absolute Gasteiger partial charge is 0.242 e. The quantitative estimate of drug-likeness (QED) is 0.762. The second-order valence-electron chi connectivity index (χ2n) is 8.44. The average molecular weight is 381 g/mol. The maximum absolute atomic E-state index is 13.1. The normalized spacial score (nSPS) is 25.7. The highest BCUT2D eigenvalue weighted by atomic mass is 16.5. The predicted molar refractivity (Wildman–Crippen MR) is 106 cm³/mol. The number of para-hydroxylation sites is 1. The summed E-state index contributed by atoms with van der Waals surface area (Å²) in [6.45, 7) is 6.32. The van der Waals surface area contributed by atoms with Crippen LogP contribution in [0.2, 0.25) is 0 Å². The number of Topliss-reactive ketones (excluding diaryl/α,β-unsaturated/α-hetero) is 1. The first-order valence-corrected chi connectivity index (χ1v) is 10.3. The van der Waals surface area contributed by atoms with Crippen LogP contribution in [0.3, 0.4) is 0 Å². The van der Waals surface area contributed by atoms with Gasteiger partial charge in [-0.25, -0.2) is 0 Å². The highest BCUT2D eigenvalue weighted by Crippen LogP contribution is 2.35. The molecule has 0 radical (unpaired) electrons. The van der Waals surface area contributed by atoms with Crippen molar-refractivity contribution in [2.45, 2.75) is 38.4 Å². The Bertz CT molecular complexity index is 917. The molecule has 2 saturated heterocycles. The summed E-state index contributed by atoms with van der Waals surface area (Å²) < 4.78 is 7.65. The molecule has 6 heteroatoms. The van der Waals surface area contributed by atoms with E-state index in [9.17, 15) is 9.59 Å². The van der Waals surface area contributed by atoms with Gasteiger partial charge in [-0.05, 0) is 25.8 Å². The second kappa shape index (κ2) is 7.01. The minimum absolute atomic E-state index is 0.115. The summed E-state index contributed by atoms with van der Waals surface area (Å²) in [5.74, 6) is 0.518. The number of morpholine rings is 1. The minimum atomic E-state index is 0.115. The van der Waals surface area contributed by atoms with E-state index in [1.165, 1.54) is 0 Å². The van der Waals surface area contributed by atoms with E-state index in [1.54, 1.807) is 0 Å². The Morgan fingerprint density at radius 1 is 1.14 bits per heavy atom. The number of rotatable bonds is 4. The third kappa shape index (κ3) is 3.14. The number of nitrogens with zero attached hydrogens (tertiary/aromatic N) is 3. The summed E-state index contributed by atoms with van der Waals surface area (Å²) in [5.41, 5.74) is 1.73. The first-order valence-electron chi connectivity index (χ1n) is 10.3. The van der Waals surface area contributed by atoms with E-state index in [0.29, 0.717) is 12.6 Å². The molecule has 1 aromatic carbocycles. The van der Waals surface area contributed by atoms with Crippen LogP contribution < -0.4 is 0 Å². The van der Waals surface area contributed by atoms with Gasteiger partial charge in [-0.3, -0.25) is 14.5 Å². The molecular weight excluding hydrogens is 354 g/mol. The SMILES string of the molecule is C[C@H]1COC[C@H]2CN(C(=O)Cn3cc(C(=O)C4CC4)c4ccccc43)CCN21. The Hall–Kier alpha value is -2.18. The van der Waals surface area contributed by atoms with Gasteiger partial charge in [0.2, 0.25) is 5.91 Å². The van der Waals surface area contributed by atoms with Crippen molar-refractivity contribution < 1.29 is 14.3 Å². The molecule has 148 valence electrons. The van der Waals surface area contributed by atoms with Crippen LogP contribution in [0.4, 0.5) is 0 Å². The van der Waals surface area contributed by atoms with Crippen LogP contribution in [0, 0.1) is 5.92 Å². The lowest BCUT2D eigenvalue weighted by atomic mass is 10.1. The third-order valence-corrected chi connectivity index (χ3v) is 6.42. The lowest BCUT2D eigenvalue weighted by Crippen LogP contribution is -2.62. The summed E-state index contributed by atoms with van der Waals surface area (Å²) >= 11 is 0. The number of piperazine rings is 1.